The number of rotatable bonds is 50. The lowest BCUT2D eigenvalue weighted by Crippen LogP contribution is -2.46. The van der Waals surface area contributed by atoms with E-state index in [-0.39, 0.29) is 24.9 Å². The summed E-state index contributed by atoms with van der Waals surface area (Å²) in [5, 5.41) is 23.9. The zero-order valence-corrected chi connectivity index (χ0v) is 44.0. The fourth-order valence-corrected chi connectivity index (χ4v) is 8.19. The number of aliphatic hydroxyl groups excluding tert-OH is 2. The summed E-state index contributed by atoms with van der Waals surface area (Å²) in [6.45, 7) is 6.34. The zero-order valence-electron chi connectivity index (χ0n) is 44.0. The molecule has 0 heterocycles. The summed E-state index contributed by atoms with van der Waals surface area (Å²) in [6, 6.07) is -0.721. The summed E-state index contributed by atoms with van der Waals surface area (Å²) in [5.41, 5.74) is 0. The molecule has 1 amide bonds. The minimum atomic E-state index is -0.805. The molecule has 3 atom stereocenters. The largest absolute Gasteiger partial charge is 0.462 e. The number of hydrogen-bond donors (Lipinski definition) is 3. The van der Waals surface area contributed by atoms with E-state index in [1.54, 1.807) is 0 Å². The van der Waals surface area contributed by atoms with Crippen molar-refractivity contribution in [1.29, 1.82) is 0 Å². The number of carbonyl (C=O) groups excluding carboxylic acids is 2. The number of hydrogen-bond acceptors (Lipinski definition) is 5. The van der Waals surface area contributed by atoms with E-state index < -0.39 is 18.2 Å². The van der Waals surface area contributed by atoms with Crippen LogP contribution in [0.2, 0.25) is 0 Å². The van der Waals surface area contributed by atoms with Gasteiger partial charge in [0.05, 0.1) is 25.2 Å². The fraction of sp³-hybridized carbons (Fsp3) is 0.738. The van der Waals surface area contributed by atoms with E-state index in [1.165, 1.54) is 103 Å². The van der Waals surface area contributed by atoms with Gasteiger partial charge in [0.25, 0.3) is 0 Å². The lowest BCUT2D eigenvalue weighted by atomic mass is 10.0. The van der Waals surface area contributed by atoms with E-state index in [9.17, 15) is 19.8 Å². The Hall–Kier alpha value is -2.96. The fourth-order valence-electron chi connectivity index (χ4n) is 8.19. The van der Waals surface area contributed by atoms with E-state index >= 15 is 0 Å². The highest BCUT2D eigenvalue weighted by molar-refractivity contribution is 5.77. The number of amides is 1. The maximum absolute atomic E-state index is 13.3. The van der Waals surface area contributed by atoms with Crippen LogP contribution < -0.4 is 5.32 Å². The molecule has 67 heavy (non-hydrogen) atoms. The maximum Gasteiger partial charge on any atom is 0.306 e. The van der Waals surface area contributed by atoms with Gasteiger partial charge in [0.1, 0.15) is 6.10 Å². The number of esters is 1. The molecule has 0 rings (SSSR count). The molecule has 0 saturated heterocycles. The van der Waals surface area contributed by atoms with Crippen molar-refractivity contribution in [2.45, 2.75) is 283 Å². The summed E-state index contributed by atoms with van der Waals surface area (Å²) in [5.74, 6) is -0.532. The van der Waals surface area contributed by atoms with Crippen LogP contribution in [-0.2, 0) is 14.3 Å². The van der Waals surface area contributed by atoms with Crippen LogP contribution in [0.4, 0.5) is 0 Å². The third-order valence-electron chi connectivity index (χ3n) is 12.5. The lowest BCUT2D eigenvalue weighted by Gasteiger charge is -2.24. The molecule has 6 heteroatoms. The normalized spacial score (nSPS) is 13.8. The van der Waals surface area contributed by atoms with Crippen molar-refractivity contribution in [2.75, 3.05) is 6.61 Å². The van der Waals surface area contributed by atoms with Crippen LogP contribution in [-0.4, -0.2) is 46.9 Å². The Labute approximate surface area is 414 Å². The Morgan fingerprint density at radius 3 is 1.25 bits per heavy atom. The molecule has 0 fully saturated rings. The highest BCUT2D eigenvalue weighted by Crippen LogP contribution is 2.17. The number of nitrogens with one attached hydrogen (secondary N) is 1. The van der Waals surface area contributed by atoms with Gasteiger partial charge in [0.2, 0.25) is 5.91 Å². The molecule has 0 aliphatic heterocycles. The van der Waals surface area contributed by atoms with Crippen LogP contribution in [0.1, 0.15) is 265 Å². The highest BCUT2D eigenvalue weighted by Gasteiger charge is 2.24. The van der Waals surface area contributed by atoms with Crippen LogP contribution in [0.25, 0.3) is 0 Å². The number of allylic oxidation sites excluding steroid dienone is 14. The van der Waals surface area contributed by atoms with Crippen molar-refractivity contribution in [2.24, 2.45) is 0 Å². The molecular weight excluding hydrogens is 827 g/mol. The molecule has 0 aliphatic carbocycles. The first kappa shape index (κ1) is 64.0. The first-order chi connectivity index (χ1) is 33.0. The smallest absolute Gasteiger partial charge is 0.306 e. The van der Waals surface area contributed by atoms with Crippen molar-refractivity contribution in [3.8, 4) is 0 Å². The Morgan fingerprint density at radius 1 is 0.448 bits per heavy atom. The minimum Gasteiger partial charge on any atom is -0.462 e. The zero-order chi connectivity index (χ0) is 48.8. The van der Waals surface area contributed by atoms with Crippen molar-refractivity contribution in [1.82, 2.24) is 5.32 Å². The van der Waals surface area contributed by atoms with Crippen molar-refractivity contribution < 1.29 is 24.5 Å². The van der Waals surface area contributed by atoms with Gasteiger partial charge in [-0.15, -0.1) is 0 Å². The minimum absolute atomic E-state index is 0.0463. The number of unbranched alkanes of at least 4 members (excludes halogenated alkanes) is 24. The second-order valence-electron chi connectivity index (χ2n) is 19.0. The molecule has 0 spiro atoms. The van der Waals surface area contributed by atoms with Crippen molar-refractivity contribution >= 4 is 11.9 Å². The number of ether oxygens (including phenoxy) is 1. The quantitative estimate of drug-likeness (QED) is 0.0321. The molecule has 3 unspecified atom stereocenters. The molecule has 386 valence electrons. The van der Waals surface area contributed by atoms with Gasteiger partial charge in [-0.2, -0.15) is 0 Å². The SMILES string of the molecule is CC/C=C/C/C=C/C/C=C/C/C=C/CCCCCC(=O)OC(CCCCCC/C=C\C/C=C\C/C=C\CCCCC)CC(=O)NC(CO)C(O)CCCCCCCCCCCCCCCCC. The van der Waals surface area contributed by atoms with Gasteiger partial charge in [0.15, 0.2) is 0 Å². The van der Waals surface area contributed by atoms with Gasteiger partial charge in [0, 0.05) is 6.42 Å². The van der Waals surface area contributed by atoms with E-state index in [0.717, 1.165) is 116 Å². The molecule has 0 aromatic rings. The van der Waals surface area contributed by atoms with E-state index in [1.807, 2.05) is 0 Å². The van der Waals surface area contributed by atoms with Crippen LogP contribution in [0.3, 0.4) is 0 Å². The molecule has 0 bridgehead atoms. The van der Waals surface area contributed by atoms with Crippen molar-refractivity contribution in [3.05, 3.63) is 85.1 Å². The van der Waals surface area contributed by atoms with E-state index in [2.05, 4.69) is 111 Å². The van der Waals surface area contributed by atoms with Gasteiger partial charge in [-0.1, -0.05) is 234 Å². The van der Waals surface area contributed by atoms with Crippen LogP contribution in [0.5, 0.6) is 0 Å². The Bertz CT molecular complexity index is 1280. The predicted octanol–water partition coefficient (Wildman–Crippen LogP) is 17.5. The summed E-state index contributed by atoms with van der Waals surface area (Å²) >= 11 is 0. The highest BCUT2D eigenvalue weighted by atomic mass is 16.5. The van der Waals surface area contributed by atoms with Gasteiger partial charge in [-0.3, -0.25) is 9.59 Å². The van der Waals surface area contributed by atoms with Gasteiger partial charge in [-0.05, 0) is 103 Å². The van der Waals surface area contributed by atoms with Crippen LogP contribution >= 0.6 is 0 Å². The topological polar surface area (TPSA) is 95.9 Å². The Kier molecular flexibility index (Phi) is 51.6. The number of carbonyl (C=O) groups is 2. The first-order valence-electron chi connectivity index (χ1n) is 28.3. The standard InChI is InChI=1S/C61H107NO5/c1-4-7-10-13-16-19-22-25-28-30-32-34-37-40-43-46-49-52-57(67-61(66)54-51-48-45-42-39-36-33-29-26-23-20-17-14-11-8-5-2)55-60(65)62-58(56-63)59(64)53-50-47-44-41-38-35-31-27-24-21-18-15-12-9-6-3/h8,11,16-17,19-20,25-26,28-29,32,34,36,39,57-59,63-64H,4-7,9-10,12-15,18,21-24,27,30-31,33,35,37-38,40-56H2,1-3H3,(H,62,65)/b11-8+,19-16-,20-17+,28-25-,29-26+,34-32-,39-36+. The van der Waals surface area contributed by atoms with E-state index in [4.69, 9.17) is 4.74 Å². The van der Waals surface area contributed by atoms with Crippen molar-refractivity contribution in [3.63, 3.8) is 0 Å². The molecule has 0 aromatic heterocycles. The summed E-state index contributed by atoms with van der Waals surface area (Å²) in [7, 11) is 0. The summed E-state index contributed by atoms with van der Waals surface area (Å²) in [4.78, 5) is 26.3. The number of aliphatic hydroxyl groups is 2. The summed E-state index contributed by atoms with van der Waals surface area (Å²) < 4.78 is 5.93. The molecule has 6 nitrogen and oxygen atoms in total. The predicted molar refractivity (Wildman–Crippen MR) is 291 cm³/mol. The van der Waals surface area contributed by atoms with Gasteiger partial charge < -0.3 is 20.3 Å². The van der Waals surface area contributed by atoms with Crippen LogP contribution in [0.15, 0.2) is 85.1 Å². The maximum atomic E-state index is 13.3. The first-order valence-corrected chi connectivity index (χ1v) is 28.3. The second-order valence-corrected chi connectivity index (χ2v) is 19.0. The van der Waals surface area contributed by atoms with Gasteiger partial charge >= 0.3 is 5.97 Å². The third-order valence-corrected chi connectivity index (χ3v) is 12.5. The Morgan fingerprint density at radius 2 is 0.806 bits per heavy atom. The molecule has 0 aliphatic rings. The monoisotopic (exact) mass is 934 g/mol. The lowest BCUT2D eigenvalue weighted by molar-refractivity contribution is -0.151. The van der Waals surface area contributed by atoms with E-state index in [0.29, 0.717) is 19.3 Å². The average Bonchev–Trinajstić information content (AvgIpc) is 3.32. The molecular formula is C61H107NO5. The average molecular weight is 935 g/mol. The third kappa shape index (κ3) is 49.3. The van der Waals surface area contributed by atoms with Gasteiger partial charge in [-0.25, -0.2) is 0 Å². The molecule has 0 saturated carbocycles. The second kappa shape index (κ2) is 54.0. The summed E-state index contributed by atoms with van der Waals surface area (Å²) in [6.07, 6.45) is 70.7. The molecule has 3 N–H and O–H groups in total. The molecule has 0 radical (unpaired) electrons. The Balaban J connectivity index is 4.68. The molecule has 0 aromatic carbocycles. The van der Waals surface area contributed by atoms with Crippen LogP contribution in [0, 0.1) is 0 Å².